The zero-order valence-corrected chi connectivity index (χ0v) is 19.0. The van der Waals surface area contributed by atoms with E-state index in [1.807, 2.05) is 73.7 Å². The molecular weight excluding hydrogens is 432 g/mol. The van der Waals surface area contributed by atoms with E-state index in [-0.39, 0.29) is 17.7 Å². The van der Waals surface area contributed by atoms with E-state index in [4.69, 9.17) is 0 Å². The lowest BCUT2D eigenvalue weighted by molar-refractivity contribution is -0.117. The first-order valence-corrected chi connectivity index (χ1v) is 11.9. The number of H-pyrrole nitrogens is 1. The minimum Gasteiger partial charge on any atom is -0.333 e. The second kappa shape index (κ2) is 9.11. The van der Waals surface area contributed by atoms with Crippen LogP contribution in [0.3, 0.4) is 0 Å². The summed E-state index contributed by atoms with van der Waals surface area (Å²) in [7, 11) is 0. The van der Waals surface area contributed by atoms with E-state index >= 15 is 0 Å². The zero-order chi connectivity index (χ0) is 22.8. The summed E-state index contributed by atoms with van der Waals surface area (Å²) in [5.74, 6) is 0.754. The van der Waals surface area contributed by atoms with Gasteiger partial charge in [-0.3, -0.25) is 9.59 Å². The number of aryl methyl sites for hydroxylation is 1. The Morgan fingerprint density at radius 3 is 2.58 bits per heavy atom. The molecule has 0 atom stereocenters. The van der Waals surface area contributed by atoms with Crippen LogP contribution in [0.15, 0.2) is 71.9 Å². The van der Waals surface area contributed by atoms with Crippen molar-refractivity contribution in [1.29, 1.82) is 0 Å². The number of hydrogen-bond donors (Lipinski definition) is 3. The summed E-state index contributed by atoms with van der Waals surface area (Å²) in [5.41, 5.74) is 6.00. The molecule has 1 aliphatic rings. The molecule has 2 amide bonds. The number of anilines is 2. The lowest BCUT2D eigenvalue weighted by atomic mass is 10.1. The van der Waals surface area contributed by atoms with Gasteiger partial charge in [0.1, 0.15) is 0 Å². The van der Waals surface area contributed by atoms with Gasteiger partial charge in [-0.1, -0.05) is 42.1 Å². The Morgan fingerprint density at radius 2 is 1.82 bits per heavy atom. The number of aromatic nitrogens is 2. The highest BCUT2D eigenvalue weighted by Gasteiger charge is 2.29. The van der Waals surface area contributed by atoms with E-state index in [1.54, 1.807) is 11.8 Å². The van der Waals surface area contributed by atoms with Crippen LogP contribution in [0.2, 0.25) is 0 Å². The van der Waals surface area contributed by atoms with E-state index in [2.05, 4.69) is 20.6 Å². The second-order valence-electron chi connectivity index (χ2n) is 8.29. The van der Waals surface area contributed by atoms with Gasteiger partial charge in [-0.25, -0.2) is 4.98 Å². The summed E-state index contributed by atoms with van der Waals surface area (Å²) in [5, 5.41) is 6.77. The Bertz CT molecular complexity index is 1290. The molecule has 3 aromatic carbocycles. The molecule has 1 aliphatic carbocycles. The maximum absolute atomic E-state index is 12.8. The number of hydrogen-bond acceptors (Lipinski definition) is 4. The summed E-state index contributed by atoms with van der Waals surface area (Å²) < 4.78 is 0. The molecular formula is C26H24N4O2S. The van der Waals surface area contributed by atoms with Crippen LogP contribution >= 0.6 is 11.8 Å². The monoisotopic (exact) mass is 456 g/mol. The van der Waals surface area contributed by atoms with Gasteiger partial charge in [0.25, 0.3) is 5.91 Å². The van der Waals surface area contributed by atoms with Gasteiger partial charge in [-0.15, -0.1) is 0 Å². The summed E-state index contributed by atoms with van der Waals surface area (Å²) in [4.78, 5) is 32.7. The zero-order valence-electron chi connectivity index (χ0n) is 18.2. The van der Waals surface area contributed by atoms with Crippen molar-refractivity contribution in [2.24, 2.45) is 5.92 Å². The number of fused-ring (bicyclic) bond motifs is 1. The molecule has 0 aliphatic heterocycles. The van der Waals surface area contributed by atoms with Crippen LogP contribution < -0.4 is 10.6 Å². The van der Waals surface area contributed by atoms with Crippen LogP contribution in [0.25, 0.3) is 11.0 Å². The molecule has 0 radical (unpaired) electrons. The molecule has 1 saturated carbocycles. The van der Waals surface area contributed by atoms with Crippen LogP contribution in [0, 0.1) is 12.8 Å². The number of para-hydroxylation sites is 2. The average molecular weight is 457 g/mol. The van der Waals surface area contributed by atoms with Crippen LogP contribution in [-0.4, -0.2) is 21.8 Å². The van der Waals surface area contributed by atoms with Gasteiger partial charge in [0.05, 0.1) is 11.0 Å². The van der Waals surface area contributed by atoms with Crippen LogP contribution in [-0.2, 0) is 10.5 Å². The Balaban J connectivity index is 1.21. The first-order valence-electron chi connectivity index (χ1n) is 10.9. The highest BCUT2D eigenvalue weighted by Crippen LogP contribution is 2.31. The van der Waals surface area contributed by atoms with E-state index in [9.17, 15) is 9.59 Å². The van der Waals surface area contributed by atoms with E-state index in [0.29, 0.717) is 16.9 Å². The largest absolute Gasteiger partial charge is 0.333 e. The third kappa shape index (κ3) is 5.09. The molecule has 0 bridgehead atoms. The number of carbonyl (C=O) groups is 2. The van der Waals surface area contributed by atoms with Crippen molar-refractivity contribution >= 4 is 46.0 Å². The Morgan fingerprint density at radius 1 is 1.03 bits per heavy atom. The van der Waals surface area contributed by atoms with Gasteiger partial charge in [-0.2, -0.15) is 0 Å². The first-order chi connectivity index (χ1) is 16.0. The van der Waals surface area contributed by atoms with Crippen LogP contribution in [0.5, 0.6) is 0 Å². The highest BCUT2D eigenvalue weighted by atomic mass is 32.2. The fraction of sp³-hybridized carbons (Fsp3) is 0.192. The van der Waals surface area contributed by atoms with Crippen molar-refractivity contribution in [3.63, 3.8) is 0 Å². The van der Waals surface area contributed by atoms with E-state index < -0.39 is 0 Å². The smallest absolute Gasteiger partial charge is 0.255 e. The Labute approximate surface area is 196 Å². The summed E-state index contributed by atoms with van der Waals surface area (Å²) in [6.45, 7) is 1.93. The third-order valence-electron chi connectivity index (χ3n) is 5.66. The number of rotatable bonds is 7. The van der Waals surface area contributed by atoms with Gasteiger partial charge < -0.3 is 15.6 Å². The maximum Gasteiger partial charge on any atom is 0.255 e. The number of nitrogens with zero attached hydrogens (tertiary/aromatic N) is 1. The molecule has 33 heavy (non-hydrogen) atoms. The molecule has 6 nitrogen and oxygen atoms in total. The second-order valence-corrected chi connectivity index (χ2v) is 9.26. The van der Waals surface area contributed by atoms with Gasteiger partial charge in [0, 0.05) is 28.6 Å². The summed E-state index contributed by atoms with van der Waals surface area (Å²) in [6, 6.07) is 21.1. The van der Waals surface area contributed by atoms with Crippen molar-refractivity contribution in [3.8, 4) is 0 Å². The van der Waals surface area contributed by atoms with Gasteiger partial charge in [0.15, 0.2) is 5.16 Å². The third-order valence-corrected chi connectivity index (χ3v) is 6.61. The number of benzene rings is 3. The standard InChI is InChI=1S/C26H24N4O2S/c1-16-6-13-20(27-24(31)19-11-12-19)14-23(16)28-25(32)18-9-7-17(8-10-18)15-33-26-29-21-4-2-3-5-22(21)30-26/h2-10,13-14,19H,11-12,15H2,1H3,(H,27,31)(H,28,32)(H,29,30). The first kappa shape index (κ1) is 21.3. The Kier molecular flexibility index (Phi) is 5.88. The van der Waals surface area contributed by atoms with Crippen molar-refractivity contribution < 1.29 is 9.59 Å². The molecule has 0 unspecified atom stereocenters. The number of nitrogens with one attached hydrogen (secondary N) is 3. The van der Waals surface area contributed by atoms with Gasteiger partial charge >= 0.3 is 0 Å². The molecule has 7 heteroatoms. The van der Waals surface area contributed by atoms with E-state index in [0.717, 1.165) is 45.9 Å². The quantitative estimate of drug-likeness (QED) is 0.308. The van der Waals surface area contributed by atoms with Crippen LogP contribution in [0.4, 0.5) is 11.4 Å². The molecule has 166 valence electrons. The number of carbonyl (C=O) groups excluding carboxylic acids is 2. The lowest BCUT2D eigenvalue weighted by Gasteiger charge is -2.12. The molecule has 0 saturated heterocycles. The van der Waals surface area contributed by atoms with E-state index in [1.165, 1.54) is 0 Å². The topological polar surface area (TPSA) is 86.9 Å². The number of aromatic amines is 1. The molecule has 5 rings (SSSR count). The number of imidazole rings is 1. The molecule has 1 heterocycles. The predicted molar refractivity (Wildman–Crippen MR) is 133 cm³/mol. The molecule has 0 spiro atoms. The van der Waals surface area contributed by atoms with Crippen molar-refractivity contribution in [2.75, 3.05) is 10.6 Å². The highest BCUT2D eigenvalue weighted by molar-refractivity contribution is 7.98. The van der Waals surface area contributed by atoms with Gasteiger partial charge in [-0.05, 0) is 67.3 Å². The predicted octanol–water partition coefficient (Wildman–Crippen LogP) is 5.76. The van der Waals surface area contributed by atoms with Crippen LogP contribution in [0.1, 0.15) is 34.3 Å². The Hall–Kier alpha value is -3.58. The minimum absolute atomic E-state index is 0.0484. The normalized spacial score (nSPS) is 13.1. The number of amides is 2. The molecule has 1 aromatic heterocycles. The average Bonchev–Trinajstić information content (AvgIpc) is 3.59. The van der Waals surface area contributed by atoms with Gasteiger partial charge in [0.2, 0.25) is 5.91 Å². The minimum atomic E-state index is -0.180. The molecule has 4 aromatic rings. The molecule has 1 fully saturated rings. The summed E-state index contributed by atoms with van der Waals surface area (Å²) >= 11 is 1.63. The SMILES string of the molecule is Cc1ccc(NC(=O)C2CC2)cc1NC(=O)c1ccc(CSc2nc3ccccc3[nH]2)cc1. The lowest BCUT2D eigenvalue weighted by Crippen LogP contribution is -2.15. The number of thioether (sulfide) groups is 1. The summed E-state index contributed by atoms with van der Waals surface area (Å²) in [6.07, 6.45) is 1.90. The molecule has 3 N–H and O–H groups in total. The van der Waals surface area contributed by atoms with Crippen molar-refractivity contribution in [3.05, 3.63) is 83.4 Å². The van der Waals surface area contributed by atoms with Crippen molar-refractivity contribution in [1.82, 2.24) is 9.97 Å². The fourth-order valence-corrected chi connectivity index (χ4v) is 4.36. The fourth-order valence-electron chi connectivity index (χ4n) is 3.52. The van der Waals surface area contributed by atoms with Crippen molar-refractivity contribution in [2.45, 2.75) is 30.7 Å². The maximum atomic E-state index is 12.8.